The first-order valence-electron chi connectivity index (χ1n) is 12.2. The number of anilines is 1. The number of aromatic nitrogens is 6. The normalized spacial score (nSPS) is 12.4. The van der Waals surface area contributed by atoms with Gasteiger partial charge in [0.15, 0.2) is 11.5 Å². The maximum absolute atomic E-state index is 14.0. The molecule has 0 aliphatic rings. The Morgan fingerprint density at radius 1 is 1.14 bits per heavy atom. The Labute approximate surface area is 214 Å². The monoisotopic (exact) mass is 498 g/mol. The summed E-state index contributed by atoms with van der Waals surface area (Å²) in [5.74, 6) is 1.81. The van der Waals surface area contributed by atoms with Crippen LogP contribution in [0.5, 0.6) is 5.75 Å². The summed E-state index contributed by atoms with van der Waals surface area (Å²) in [5.41, 5.74) is 3.32. The van der Waals surface area contributed by atoms with Crippen LogP contribution in [0.4, 0.5) is 5.82 Å². The summed E-state index contributed by atoms with van der Waals surface area (Å²) in [5, 5.41) is 3.97. The van der Waals surface area contributed by atoms with Crippen LogP contribution in [0.15, 0.2) is 59.9 Å². The Bertz CT molecular complexity index is 1610. The Morgan fingerprint density at radius 2 is 1.97 bits per heavy atom. The molecular formula is C27H30N8O2. The highest BCUT2D eigenvalue weighted by Gasteiger charge is 2.21. The molecule has 1 atom stereocenters. The van der Waals surface area contributed by atoms with Gasteiger partial charge in [-0.25, -0.2) is 19.9 Å². The molecule has 3 aromatic heterocycles. The van der Waals surface area contributed by atoms with Crippen molar-refractivity contribution in [3.8, 4) is 11.4 Å². The lowest BCUT2D eigenvalue weighted by molar-refractivity contribution is 0.281. The van der Waals surface area contributed by atoms with Gasteiger partial charge >= 0.3 is 0 Å². The molecule has 0 amide bonds. The molecule has 0 bridgehead atoms. The van der Waals surface area contributed by atoms with E-state index in [-0.39, 0.29) is 11.6 Å². The highest BCUT2D eigenvalue weighted by Crippen LogP contribution is 2.25. The summed E-state index contributed by atoms with van der Waals surface area (Å²) in [6.07, 6.45) is 3.95. The minimum Gasteiger partial charge on any atom is -0.493 e. The van der Waals surface area contributed by atoms with Gasteiger partial charge in [0.05, 0.1) is 35.6 Å². The van der Waals surface area contributed by atoms with Gasteiger partial charge in [0.25, 0.3) is 5.56 Å². The van der Waals surface area contributed by atoms with E-state index in [2.05, 4.69) is 30.2 Å². The molecule has 10 heteroatoms. The SMILES string of the molecule is Cc1cccc2nc(C(C)Nc3ncnc4[nH]cnc34)n(-c3cccc(OCCCN(C)C)c3)c(=O)c12. The second-order valence-electron chi connectivity index (χ2n) is 9.27. The number of ether oxygens (including phenoxy) is 1. The number of H-pyrrole nitrogens is 1. The molecule has 5 rings (SSSR count). The summed E-state index contributed by atoms with van der Waals surface area (Å²) in [7, 11) is 4.08. The average Bonchev–Trinajstić information content (AvgIpc) is 3.36. The predicted molar refractivity (Wildman–Crippen MR) is 144 cm³/mol. The minimum atomic E-state index is -0.378. The van der Waals surface area contributed by atoms with Crippen molar-refractivity contribution in [2.75, 3.05) is 32.6 Å². The molecule has 0 fully saturated rings. The molecule has 0 radical (unpaired) electrons. The van der Waals surface area contributed by atoms with Crippen LogP contribution in [0.3, 0.4) is 0 Å². The first-order chi connectivity index (χ1) is 17.9. The summed E-state index contributed by atoms with van der Waals surface area (Å²) >= 11 is 0. The average molecular weight is 499 g/mol. The number of hydrogen-bond acceptors (Lipinski definition) is 8. The highest BCUT2D eigenvalue weighted by molar-refractivity contribution is 5.83. The quantitative estimate of drug-likeness (QED) is 0.295. The number of nitrogens with one attached hydrogen (secondary N) is 2. The first kappa shape index (κ1) is 24.4. The van der Waals surface area contributed by atoms with E-state index < -0.39 is 0 Å². The third-order valence-corrected chi connectivity index (χ3v) is 6.18. The van der Waals surface area contributed by atoms with Crippen molar-refractivity contribution in [3.63, 3.8) is 0 Å². The Hall–Kier alpha value is -4.31. The molecular weight excluding hydrogens is 468 g/mol. The van der Waals surface area contributed by atoms with E-state index in [4.69, 9.17) is 9.72 Å². The van der Waals surface area contributed by atoms with E-state index in [1.165, 1.54) is 6.33 Å². The molecule has 37 heavy (non-hydrogen) atoms. The van der Waals surface area contributed by atoms with Crippen LogP contribution in [0, 0.1) is 6.92 Å². The van der Waals surface area contributed by atoms with Gasteiger partial charge in [0, 0.05) is 12.6 Å². The maximum Gasteiger partial charge on any atom is 0.266 e. The van der Waals surface area contributed by atoms with Crippen molar-refractivity contribution in [1.82, 2.24) is 34.4 Å². The van der Waals surface area contributed by atoms with Gasteiger partial charge in [-0.05, 0) is 58.1 Å². The summed E-state index contributed by atoms with van der Waals surface area (Å²) in [6, 6.07) is 12.9. The topological polar surface area (TPSA) is 114 Å². The number of hydrogen-bond donors (Lipinski definition) is 2. The van der Waals surface area contributed by atoms with Crippen molar-refractivity contribution >= 4 is 27.9 Å². The molecule has 3 heterocycles. The number of aryl methyl sites for hydroxylation is 1. The molecule has 0 aliphatic carbocycles. The smallest absolute Gasteiger partial charge is 0.266 e. The number of nitrogens with zero attached hydrogens (tertiary/aromatic N) is 6. The molecule has 0 saturated carbocycles. The van der Waals surface area contributed by atoms with E-state index >= 15 is 0 Å². The fourth-order valence-electron chi connectivity index (χ4n) is 4.38. The van der Waals surface area contributed by atoms with Gasteiger partial charge < -0.3 is 19.9 Å². The van der Waals surface area contributed by atoms with Gasteiger partial charge in [-0.2, -0.15) is 0 Å². The predicted octanol–water partition coefficient (Wildman–Crippen LogP) is 3.86. The van der Waals surface area contributed by atoms with Crippen LogP contribution in [0.2, 0.25) is 0 Å². The second-order valence-corrected chi connectivity index (χ2v) is 9.27. The van der Waals surface area contributed by atoms with Gasteiger partial charge in [-0.1, -0.05) is 18.2 Å². The van der Waals surface area contributed by atoms with E-state index in [0.717, 1.165) is 18.5 Å². The molecule has 0 saturated heterocycles. The van der Waals surface area contributed by atoms with Crippen LogP contribution >= 0.6 is 0 Å². The summed E-state index contributed by atoms with van der Waals surface area (Å²) in [4.78, 5) is 36.9. The maximum atomic E-state index is 14.0. The van der Waals surface area contributed by atoms with E-state index in [1.54, 1.807) is 10.9 Å². The van der Waals surface area contributed by atoms with Crippen LogP contribution in [-0.2, 0) is 0 Å². The number of rotatable bonds is 9. The van der Waals surface area contributed by atoms with Crippen molar-refractivity contribution in [1.29, 1.82) is 0 Å². The highest BCUT2D eigenvalue weighted by atomic mass is 16.5. The summed E-state index contributed by atoms with van der Waals surface area (Å²) in [6.45, 7) is 5.40. The Kier molecular flexibility index (Phi) is 6.82. The fourth-order valence-corrected chi connectivity index (χ4v) is 4.38. The van der Waals surface area contributed by atoms with Crippen LogP contribution < -0.4 is 15.6 Å². The number of imidazole rings is 1. The number of fused-ring (bicyclic) bond motifs is 2. The first-order valence-corrected chi connectivity index (χ1v) is 12.2. The van der Waals surface area contributed by atoms with Crippen molar-refractivity contribution < 1.29 is 4.74 Å². The van der Waals surface area contributed by atoms with Crippen molar-refractivity contribution in [3.05, 3.63) is 76.9 Å². The molecule has 0 aliphatic heterocycles. The number of aromatic amines is 1. The van der Waals surface area contributed by atoms with Crippen molar-refractivity contribution in [2.45, 2.75) is 26.3 Å². The lowest BCUT2D eigenvalue weighted by Gasteiger charge is -2.21. The lowest BCUT2D eigenvalue weighted by Crippen LogP contribution is -2.28. The van der Waals surface area contributed by atoms with Gasteiger partial charge in [-0.3, -0.25) is 9.36 Å². The van der Waals surface area contributed by atoms with E-state index in [9.17, 15) is 4.79 Å². The third kappa shape index (κ3) is 5.01. The number of benzene rings is 2. The molecule has 2 aromatic carbocycles. The Balaban J connectivity index is 1.58. The third-order valence-electron chi connectivity index (χ3n) is 6.18. The van der Waals surface area contributed by atoms with Crippen LogP contribution in [-0.4, -0.2) is 61.6 Å². The van der Waals surface area contributed by atoms with Gasteiger partial charge in [0.1, 0.15) is 23.4 Å². The van der Waals surface area contributed by atoms with Crippen LogP contribution in [0.25, 0.3) is 27.8 Å². The molecule has 2 N–H and O–H groups in total. The van der Waals surface area contributed by atoms with Crippen molar-refractivity contribution in [2.24, 2.45) is 0 Å². The standard InChI is InChI=1S/C27H30N8O2/c1-17-8-5-11-21-22(17)27(36)35(19-9-6-10-20(14-19)37-13-7-12-34(3)4)26(33-21)18(2)32-25-23-24(29-15-28-23)30-16-31-25/h5-6,8-11,14-16,18H,7,12-13H2,1-4H3,(H2,28,29,30,31,32). The zero-order chi connectivity index (χ0) is 25.9. The molecule has 0 spiro atoms. The summed E-state index contributed by atoms with van der Waals surface area (Å²) < 4.78 is 7.65. The minimum absolute atomic E-state index is 0.135. The molecule has 1 unspecified atom stereocenters. The zero-order valence-corrected chi connectivity index (χ0v) is 21.4. The van der Waals surface area contributed by atoms with E-state index in [0.29, 0.717) is 51.8 Å². The molecule has 5 aromatic rings. The van der Waals surface area contributed by atoms with Gasteiger partial charge in [0.2, 0.25) is 0 Å². The lowest BCUT2D eigenvalue weighted by atomic mass is 10.1. The van der Waals surface area contributed by atoms with Gasteiger partial charge in [-0.15, -0.1) is 0 Å². The molecule has 10 nitrogen and oxygen atoms in total. The Morgan fingerprint density at radius 3 is 2.81 bits per heavy atom. The molecule has 190 valence electrons. The zero-order valence-electron chi connectivity index (χ0n) is 21.4. The van der Waals surface area contributed by atoms with E-state index in [1.807, 2.05) is 70.4 Å². The second kappa shape index (κ2) is 10.4. The van der Waals surface area contributed by atoms with Crippen LogP contribution in [0.1, 0.15) is 30.8 Å². The largest absolute Gasteiger partial charge is 0.493 e. The fraction of sp³-hybridized carbons (Fsp3) is 0.296.